The van der Waals surface area contributed by atoms with Crippen molar-refractivity contribution in [1.82, 2.24) is 0 Å². The maximum absolute atomic E-state index is 13.4. The van der Waals surface area contributed by atoms with Crippen LogP contribution in [-0.2, 0) is 21.1 Å². The molecule has 0 atom stereocenters. The predicted molar refractivity (Wildman–Crippen MR) is 73.7 cm³/mol. The lowest BCUT2D eigenvalue weighted by molar-refractivity contribution is -0.118. The Morgan fingerprint density at radius 1 is 1.37 bits per heavy atom. The molecular formula is C13H16ClFO3S. The minimum atomic E-state index is -3.06. The SMILES string of the molecule is CCS(=O)(=O)CCCC(=O)Cc1c(F)cccc1Cl. The number of sulfone groups is 1. The van der Waals surface area contributed by atoms with Gasteiger partial charge < -0.3 is 0 Å². The number of Topliss-reactive ketones (excluding diaryl/α,β-unsaturated/α-hetero) is 1. The third kappa shape index (κ3) is 5.28. The quantitative estimate of drug-likeness (QED) is 0.778. The Morgan fingerprint density at radius 3 is 2.63 bits per heavy atom. The Balaban J connectivity index is 2.53. The van der Waals surface area contributed by atoms with E-state index in [2.05, 4.69) is 0 Å². The van der Waals surface area contributed by atoms with Crippen LogP contribution >= 0.6 is 11.6 Å². The van der Waals surface area contributed by atoms with Gasteiger partial charge in [-0.3, -0.25) is 4.79 Å². The standard InChI is InChI=1S/C13H16ClFO3S/c1-2-19(17,18)8-4-5-10(16)9-11-12(14)6-3-7-13(11)15/h3,6-7H,2,4-5,8-9H2,1H3. The average molecular weight is 307 g/mol. The molecule has 0 unspecified atom stereocenters. The van der Waals surface area contributed by atoms with Crippen molar-refractivity contribution >= 4 is 27.2 Å². The second-order valence-corrected chi connectivity index (χ2v) is 7.14. The zero-order valence-corrected chi connectivity index (χ0v) is 12.2. The second kappa shape index (κ2) is 7.01. The summed E-state index contributed by atoms with van der Waals surface area (Å²) in [6.07, 6.45) is 0.280. The van der Waals surface area contributed by atoms with E-state index in [0.717, 1.165) is 0 Å². The summed E-state index contributed by atoms with van der Waals surface area (Å²) in [6, 6.07) is 4.24. The Labute approximate surface area is 117 Å². The van der Waals surface area contributed by atoms with Crippen LogP contribution < -0.4 is 0 Å². The highest BCUT2D eigenvalue weighted by atomic mass is 35.5. The van der Waals surface area contributed by atoms with E-state index in [0.29, 0.717) is 0 Å². The summed E-state index contributed by atoms with van der Waals surface area (Å²) >= 11 is 5.81. The number of halogens is 2. The highest BCUT2D eigenvalue weighted by Crippen LogP contribution is 2.20. The summed E-state index contributed by atoms with van der Waals surface area (Å²) in [5.41, 5.74) is 0.174. The molecule has 0 aliphatic rings. The number of rotatable bonds is 7. The lowest BCUT2D eigenvalue weighted by atomic mass is 10.1. The van der Waals surface area contributed by atoms with Crippen LogP contribution in [0.25, 0.3) is 0 Å². The van der Waals surface area contributed by atoms with Gasteiger partial charge in [0.25, 0.3) is 0 Å². The first kappa shape index (κ1) is 16.1. The molecule has 106 valence electrons. The molecule has 3 nitrogen and oxygen atoms in total. The molecule has 0 spiro atoms. The van der Waals surface area contributed by atoms with E-state index in [1.807, 2.05) is 0 Å². The van der Waals surface area contributed by atoms with E-state index in [4.69, 9.17) is 11.6 Å². The second-order valence-electron chi connectivity index (χ2n) is 4.26. The lowest BCUT2D eigenvalue weighted by Crippen LogP contribution is -2.11. The molecule has 0 amide bonds. The van der Waals surface area contributed by atoms with Crippen molar-refractivity contribution in [2.45, 2.75) is 26.2 Å². The van der Waals surface area contributed by atoms with Gasteiger partial charge in [-0.05, 0) is 18.6 Å². The zero-order chi connectivity index (χ0) is 14.5. The van der Waals surface area contributed by atoms with Crippen molar-refractivity contribution < 1.29 is 17.6 Å². The highest BCUT2D eigenvalue weighted by Gasteiger charge is 2.13. The van der Waals surface area contributed by atoms with Crippen molar-refractivity contribution in [2.75, 3.05) is 11.5 Å². The maximum Gasteiger partial charge on any atom is 0.150 e. The van der Waals surface area contributed by atoms with Gasteiger partial charge in [0.2, 0.25) is 0 Å². The number of ketones is 1. The van der Waals surface area contributed by atoms with E-state index in [9.17, 15) is 17.6 Å². The topological polar surface area (TPSA) is 51.2 Å². The molecule has 0 bridgehead atoms. The van der Waals surface area contributed by atoms with Crippen LogP contribution in [0.3, 0.4) is 0 Å². The molecule has 0 saturated carbocycles. The van der Waals surface area contributed by atoms with Gasteiger partial charge in [0.15, 0.2) is 0 Å². The van der Waals surface area contributed by atoms with Gasteiger partial charge in [-0.2, -0.15) is 0 Å². The van der Waals surface area contributed by atoms with E-state index in [1.165, 1.54) is 18.2 Å². The number of benzene rings is 1. The fraction of sp³-hybridized carbons (Fsp3) is 0.462. The average Bonchev–Trinajstić information content (AvgIpc) is 2.34. The highest BCUT2D eigenvalue weighted by molar-refractivity contribution is 7.91. The first-order chi connectivity index (χ1) is 8.85. The van der Waals surface area contributed by atoms with E-state index < -0.39 is 15.7 Å². The summed E-state index contributed by atoms with van der Waals surface area (Å²) in [5, 5.41) is 0.217. The third-order valence-electron chi connectivity index (χ3n) is 2.79. The number of carbonyl (C=O) groups excluding carboxylic acids is 1. The summed E-state index contributed by atoms with van der Waals surface area (Å²) in [5.74, 6) is -0.666. The molecule has 19 heavy (non-hydrogen) atoms. The smallest absolute Gasteiger partial charge is 0.150 e. The Morgan fingerprint density at radius 2 is 2.05 bits per heavy atom. The third-order valence-corrected chi connectivity index (χ3v) is 4.93. The van der Waals surface area contributed by atoms with E-state index in [-0.39, 0.29) is 47.1 Å². The molecule has 0 radical (unpaired) electrons. The van der Waals surface area contributed by atoms with Crippen molar-refractivity contribution in [3.8, 4) is 0 Å². The van der Waals surface area contributed by atoms with Gasteiger partial charge in [-0.25, -0.2) is 12.8 Å². The Kier molecular flexibility index (Phi) is 5.94. The molecule has 0 saturated heterocycles. The van der Waals surface area contributed by atoms with Crippen molar-refractivity contribution in [3.63, 3.8) is 0 Å². The lowest BCUT2D eigenvalue weighted by Gasteiger charge is -2.05. The summed E-state index contributed by atoms with van der Waals surface area (Å²) in [6.45, 7) is 1.57. The van der Waals surface area contributed by atoms with Crippen LogP contribution in [0, 0.1) is 5.82 Å². The molecule has 0 N–H and O–H groups in total. The fourth-order valence-electron chi connectivity index (χ4n) is 1.62. The van der Waals surface area contributed by atoms with Crippen LogP contribution in [0.15, 0.2) is 18.2 Å². The number of hydrogen-bond acceptors (Lipinski definition) is 3. The molecule has 0 aromatic heterocycles. The summed E-state index contributed by atoms with van der Waals surface area (Å²) in [4.78, 5) is 11.7. The van der Waals surface area contributed by atoms with Gasteiger partial charge >= 0.3 is 0 Å². The largest absolute Gasteiger partial charge is 0.299 e. The van der Waals surface area contributed by atoms with Crippen LogP contribution in [0.5, 0.6) is 0 Å². The predicted octanol–water partition coefficient (Wildman–Crippen LogP) is 2.81. The molecule has 0 aliphatic heterocycles. The van der Waals surface area contributed by atoms with Crippen molar-refractivity contribution in [2.24, 2.45) is 0 Å². The Bertz CT molecular complexity index is 535. The first-order valence-corrected chi connectivity index (χ1v) is 8.20. The van der Waals surface area contributed by atoms with Gasteiger partial charge in [-0.1, -0.05) is 24.6 Å². The molecular weight excluding hydrogens is 291 g/mol. The number of carbonyl (C=O) groups is 1. The van der Waals surface area contributed by atoms with E-state index >= 15 is 0 Å². The van der Waals surface area contributed by atoms with Crippen LogP contribution in [0.1, 0.15) is 25.3 Å². The van der Waals surface area contributed by atoms with Crippen molar-refractivity contribution in [1.29, 1.82) is 0 Å². The maximum atomic E-state index is 13.4. The molecule has 0 fully saturated rings. The normalized spacial score (nSPS) is 11.5. The van der Waals surface area contributed by atoms with Gasteiger partial charge in [0.1, 0.15) is 21.4 Å². The molecule has 0 aliphatic carbocycles. The first-order valence-electron chi connectivity index (χ1n) is 6.00. The van der Waals surface area contributed by atoms with Crippen LogP contribution in [0.4, 0.5) is 4.39 Å². The summed E-state index contributed by atoms with van der Waals surface area (Å²) < 4.78 is 36.0. The van der Waals surface area contributed by atoms with Crippen LogP contribution in [0.2, 0.25) is 5.02 Å². The van der Waals surface area contributed by atoms with Gasteiger partial charge in [-0.15, -0.1) is 0 Å². The monoisotopic (exact) mass is 306 g/mol. The fourth-order valence-corrected chi connectivity index (χ4v) is 2.72. The minimum Gasteiger partial charge on any atom is -0.299 e. The van der Waals surface area contributed by atoms with Crippen LogP contribution in [-0.4, -0.2) is 25.7 Å². The van der Waals surface area contributed by atoms with Crippen molar-refractivity contribution in [3.05, 3.63) is 34.6 Å². The molecule has 0 heterocycles. The molecule has 1 rings (SSSR count). The van der Waals surface area contributed by atoms with Gasteiger partial charge in [0.05, 0.1) is 5.75 Å². The molecule has 1 aromatic carbocycles. The minimum absolute atomic E-state index is 0.0136. The van der Waals surface area contributed by atoms with Gasteiger partial charge in [0, 0.05) is 29.2 Å². The molecule has 1 aromatic rings. The molecule has 6 heteroatoms. The summed E-state index contributed by atoms with van der Waals surface area (Å²) in [7, 11) is -3.06. The number of hydrogen-bond donors (Lipinski definition) is 0. The zero-order valence-electron chi connectivity index (χ0n) is 10.7. The van der Waals surface area contributed by atoms with E-state index in [1.54, 1.807) is 6.92 Å². The Hall–Kier alpha value is -0.940.